The summed E-state index contributed by atoms with van der Waals surface area (Å²) in [6.45, 7) is 0.435. The Morgan fingerprint density at radius 2 is 2.30 bits per heavy atom. The minimum atomic E-state index is -0.249. The molecule has 0 fully saturated rings. The van der Waals surface area contributed by atoms with E-state index >= 15 is 0 Å². The number of carbonyl (C=O) groups excluding carboxylic acids is 1. The van der Waals surface area contributed by atoms with E-state index in [-0.39, 0.29) is 12.5 Å². The third-order valence-corrected chi connectivity index (χ3v) is 2.50. The Labute approximate surface area is 116 Å². The van der Waals surface area contributed by atoms with E-state index in [9.17, 15) is 4.79 Å². The van der Waals surface area contributed by atoms with Gasteiger partial charge in [-0.3, -0.25) is 4.79 Å². The third kappa shape index (κ3) is 3.97. The molecule has 2 N–H and O–H groups in total. The highest BCUT2D eigenvalue weighted by Crippen LogP contribution is 2.02. The largest absolute Gasteiger partial charge is 0.472 e. The number of amides is 1. The molecule has 2 aromatic heterocycles. The van der Waals surface area contributed by atoms with Crippen LogP contribution < -0.4 is 5.32 Å². The molecule has 1 amide bonds. The normalized spacial score (nSPS) is 9.65. The third-order valence-electron chi connectivity index (χ3n) is 2.50. The van der Waals surface area contributed by atoms with Gasteiger partial charge in [0, 0.05) is 30.3 Å². The second kappa shape index (κ2) is 7.12. The number of pyridine rings is 1. The van der Waals surface area contributed by atoms with Crippen molar-refractivity contribution in [1.82, 2.24) is 10.3 Å². The number of hydrogen-bond donors (Lipinski definition) is 2. The Morgan fingerprint density at radius 3 is 2.95 bits per heavy atom. The Morgan fingerprint density at radius 1 is 1.40 bits per heavy atom. The second-order valence-electron chi connectivity index (χ2n) is 4.02. The number of rotatable bonds is 4. The molecule has 0 aromatic carbocycles. The number of nitrogens with one attached hydrogen (secondary N) is 1. The molecule has 2 heterocycles. The number of aliphatic hydroxyl groups excluding tert-OH is 1. The second-order valence-corrected chi connectivity index (χ2v) is 4.02. The number of nitrogens with zero attached hydrogens (tertiary/aromatic N) is 1. The van der Waals surface area contributed by atoms with E-state index in [4.69, 9.17) is 9.52 Å². The van der Waals surface area contributed by atoms with Crippen molar-refractivity contribution in [3.8, 4) is 11.8 Å². The van der Waals surface area contributed by atoms with Gasteiger partial charge in [0.1, 0.15) is 5.69 Å². The topological polar surface area (TPSA) is 75.4 Å². The van der Waals surface area contributed by atoms with Crippen LogP contribution in [0.3, 0.4) is 0 Å². The first-order valence-electron chi connectivity index (χ1n) is 6.14. The Balaban J connectivity index is 1.92. The van der Waals surface area contributed by atoms with E-state index in [0.717, 1.165) is 5.56 Å². The summed E-state index contributed by atoms with van der Waals surface area (Å²) in [5, 5.41) is 11.4. The van der Waals surface area contributed by atoms with Gasteiger partial charge in [-0.05, 0) is 18.2 Å². The number of furan rings is 1. The summed E-state index contributed by atoms with van der Waals surface area (Å²) in [6.07, 6.45) is 5.09. The lowest BCUT2D eigenvalue weighted by atomic mass is 10.2. The average molecular weight is 270 g/mol. The molecule has 0 atom stereocenters. The van der Waals surface area contributed by atoms with E-state index in [1.807, 2.05) is 0 Å². The predicted molar refractivity (Wildman–Crippen MR) is 72.7 cm³/mol. The number of carbonyl (C=O) groups is 1. The Hall–Kier alpha value is -2.58. The van der Waals surface area contributed by atoms with Gasteiger partial charge < -0.3 is 14.8 Å². The van der Waals surface area contributed by atoms with Crippen LogP contribution >= 0.6 is 0 Å². The van der Waals surface area contributed by atoms with E-state index < -0.39 is 0 Å². The summed E-state index contributed by atoms with van der Waals surface area (Å²) in [5.41, 5.74) is 1.94. The van der Waals surface area contributed by atoms with Gasteiger partial charge in [-0.2, -0.15) is 0 Å². The van der Waals surface area contributed by atoms with Gasteiger partial charge in [0.2, 0.25) is 0 Å². The van der Waals surface area contributed by atoms with Crippen molar-refractivity contribution in [2.24, 2.45) is 0 Å². The fourth-order valence-corrected chi connectivity index (χ4v) is 1.49. The highest BCUT2D eigenvalue weighted by Gasteiger charge is 2.06. The molecular weight excluding hydrogens is 256 g/mol. The lowest BCUT2D eigenvalue weighted by molar-refractivity contribution is 0.0946. The molecule has 20 heavy (non-hydrogen) atoms. The highest BCUT2D eigenvalue weighted by atomic mass is 16.3. The van der Waals surface area contributed by atoms with Gasteiger partial charge in [0.05, 0.1) is 19.1 Å². The summed E-state index contributed by atoms with van der Waals surface area (Å²) in [6, 6.07) is 5.13. The maximum atomic E-state index is 11.8. The van der Waals surface area contributed by atoms with Crippen molar-refractivity contribution in [2.45, 2.75) is 13.0 Å². The minimum absolute atomic E-state index is 0.0366. The fourth-order valence-electron chi connectivity index (χ4n) is 1.49. The van der Waals surface area contributed by atoms with E-state index in [1.165, 1.54) is 6.20 Å². The van der Waals surface area contributed by atoms with Crippen LogP contribution in [-0.4, -0.2) is 22.6 Å². The first-order valence-corrected chi connectivity index (χ1v) is 6.14. The van der Waals surface area contributed by atoms with Gasteiger partial charge in [-0.15, -0.1) is 0 Å². The molecule has 5 nitrogen and oxygen atoms in total. The number of aromatic nitrogens is 1. The molecule has 0 bridgehead atoms. The molecule has 0 aliphatic heterocycles. The quantitative estimate of drug-likeness (QED) is 0.822. The molecule has 0 saturated carbocycles. The Kier molecular flexibility index (Phi) is 4.93. The minimum Gasteiger partial charge on any atom is -0.472 e. The molecular formula is C15H14N2O3. The summed E-state index contributed by atoms with van der Waals surface area (Å²) in [7, 11) is 0. The first kappa shape index (κ1) is 13.8. The summed E-state index contributed by atoms with van der Waals surface area (Å²) in [5.74, 6) is 5.39. The van der Waals surface area contributed by atoms with Crippen LogP contribution in [0.1, 0.15) is 28.0 Å². The van der Waals surface area contributed by atoms with Crippen LogP contribution in [0.2, 0.25) is 0 Å². The molecule has 0 spiro atoms. The van der Waals surface area contributed by atoms with Gasteiger partial charge in [-0.1, -0.05) is 11.8 Å². The van der Waals surface area contributed by atoms with E-state index in [0.29, 0.717) is 24.2 Å². The molecule has 2 rings (SSSR count). The lowest BCUT2D eigenvalue weighted by Gasteiger charge is -2.02. The molecule has 102 valence electrons. The molecule has 0 radical (unpaired) electrons. The summed E-state index contributed by atoms with van der Waals surface area (Å²) < 4.78 is 4.92. The van der Waals surface area contributed by atoms with Gasteiger partial charge in [0.25, 0.3) is 5.91 Å². The Bertz CT molecular complexity index is 607. The number of aliphatic hydroxyl groups is 1. The average Bonchev–Trinajstić information content (AvgIpc) is 2.99. The van der Waals surface area contributed by atoms with E-state index in [2.05, 4.69) is 22.1 Å². The maximum Gasteiger partial charge on any atom is 0.270 e. The van der Waals surface area contributed by atoms with Crippen molar-refractivity contribution < 1.29 is 14.3 Å². The zero-order chi connectivity index (χ0) is 14.2. The van der Waals surface area contributed by atoms with Crippen LogP contribution in [0.5, 0.6) is 0 Å². The van der Waals surface area contributed by atoms with Crippen molar-refractivity contribution in [3.05, 3.63) is 53.7 Å². The predicted octanol–water partition coefficient (Wildman–Crippen LogP) is 1.34. The van der Waals surface area contributed by atoms with Crippen molar-refractivity contribution >= 4 is 5.91 Å². The first-order chi connectivity index (χ1) is 9.79. The molecule has 2 aromatic rings. The van der Waals surface area contributed by atoms with Crippen LogP contribution in [0.25, 0.3) is 0 Å². The molecule has 0 unspecified atom stereocenters. The van der Waals surface area contributed by atoms with Crippen molar-refractivity contribution in [2.75, 3.05) is 6.61 Å². The monoisotopic (exact) mass is 270 g/mol. The van der Waals surface area contributed by atoms with Crippen LogP contribution in [0.15, 0.2) is 41.3 Å². The van der Waals surface area contributed by atoms with Crippen LogP contribution in [-0.2, 0) is 6.54 Å². The van der Waals surface area contributed by atoms with Crippen molar-refractivity contribution in [3.63, 3.8) is 0 Å². The summed E-state index contributed by atoms with van der Waals surface area (Å²) >= 11 is 0. The zero-order valence-electron chi connectivity index (χ0n) is 10.8. The van der Waals surface area contributed by atoms with Crippen molar-refractivity contribution in [1.29, 1.82) is 0 Å². The molecule has 5 heteroatoms. The highest BCUT2D eigenvalue weighted by molar-refractivity contribution is 5.92. The van der Waals surface area contributed by atoms with Gasteiger partial charge in [0.15, 0.2) is 0 Å². The van der Waals surface area contributed by atoms with E-state index in [1.54, 1.807) is 30.7 Å². The number of hydrogen-bond acceptors (Lipinski definition) is 4. The molecule has 0 saturated heterocycles. The standard InChI is InChI=1S/C15H14N2O3/c18-7-2-1-3-12-4-5-14(16-9-12)15(19)17-10-13-6-8-20-11-13/h4-6,8-9,11,18H,2,7,10H2,(H,17,19). The SMILES string of the molecule is O=C(NCc1ccoc1)c1ccc(C#CCCO)cn1. The smallest absolute Gasteiger partial charge is 0.270 e. The summed E-state index contributed by atoms with van der Waals surface area (Å²) in [4.78, 5) is 15.9. The van der Waals surface area contributed by atoms with Crippen LogP contribution in [0.4, 0.5) is 0 Å². The molecule has 0 aliphatic carbocycles. The zero-order valence-corrected chi connectivity index (χ0v) is 10.8. The maximum absolute atomic E-state index is 11.8. The van der Waals surface area contributed by atoms with Gasteiger partial charge >= 0.3 is 0 Å². The van der Waals surface area contributed by atoms with Crippen LogP contribution in [0, 0.1) is 11.8 Å². The fraction of sp³-hybridized carbons (Fsp3) is 0.200. The van der Waals surface area contributed by atoms with Gasteiger partial charge in [-0.25, -0.2) is 4.98 Å². The molecule has 0 aliphatic rings. The lowest BCUT2D eigenvalue weighted by Crippen LogP contribution is -2.23.